The van der Waals surface area contributed by atoms with E-state index in [4.69, 9.17) is 4.98 Å². The Morgan fingerprint density at radius 1 is 0.864 bits per heavy atom. The summed E-state index contributed by atoms with van der Waals surface area (Å²) in [6.07, 6.45) is -4.69. The van der Waals surface area contributed by atoms with E-state index in [1.165, 1.54) is 27.2 Å². The zero-order chi connectivity index (χ0) is 30.4. The zero-order valence-corrected chi connectivity index (χ0v) is 24.4. The second-order valence-electron chi connectivity index (χ2n) is 9.73. The highest BCUT2D eigenvalue weighted by molar-refractivity contribution is 7.20. The molecule has 0 N–H and O–H groups in total. The van der Waals surface area contributed by atoms with Gasteiger partial charge in [-0.1, -0.05) is 66.7 Å². The first kappa shape index (κ1) is 27.6. The van der Waals surface area contributed by atoms with Gasteiger partial charge in [-0.05, 0) is 41.6 Å². The van der Waals surface area contributed by atoms with Crippen molar-refractivity contribution < 1.29 is 13.2 Å². The Bertz CT molecular complexity index is 2230. The van der Waals surface area contributed by atoms with E-state index < -0.39 is 11.9 Å². The SMILES string of the molecule is Cc1nn2c(-c3cccs3)cc(C(F)(F)F)nc2c1N=Nc1c(C#N)sc2nc(-c3ccccc3)cc(-c3ccccc3)c12. The van der Waals surface area contributed by atoms with Gasteiger partial charge in [-0.15, -0.1) is 32.9 Å². The number of hydrogen-bond donors (Lipinski definition) is 0. The Hall–Kier alpha value is -5.25. The van der Waals surface area contributed by atoms with Crippen molar-refractivity contribution in [1.29, 1.82) is 5.26 Å². The number of aryl methyl sites for hydroxylation is 1. The molecule has 0 aliphatic heterocycles. The molecule has 0 aliphatic carbocycles. The topological polar surface area (TPSA) is 91.6 Å². The number of alkyl halides is 3. The molecule has 0 radical (unpaired) electrons. The van der Waals surface area contributed by atoms with Crippen LogP contribution < -0.4 is 0 Å². The van der Waals surface area contributed by atoms with Gasteiger partial charge in [-0.3, -0.25) is 0 Å². The van der Waals surface area contributed by atoms with Crippen LogP contribution >= 0.6 is 22.7 Å². The van der Waals surface area contributed by atoms with Gasteiger partial charge in [0.15, 0.2) is 11.3 Å². The molecular weight excluding hydrogens is 604 g/mol. The van der Waals surface area contributed by atoms with Gasteiger partial charge in [-0.2, -0.15) is 23.5 Å². The molecule has 7 rings (SSSR count). The van der Waals surface area contributed by atoms with Crippen LogP contribution in [0.4, 0.5) is 24.5 Å². The molecule has 7 aromatic rings. The molecule has 0 amide bonds. The number of thiophene rings is 2. The minimum Gasteiger partial charge on any atom is -0.237 e. The van der Waals surface area contributed by atoms with Crippen molar-refractivity contribution in [2.75, 3.05) is 0 Å². The predicted octanol–water partition coefficient (Wildman–Crippen LogP) is 10.0. The van der Waals surface area contributed by atoms with Crippen LogP contribution in [0, 0.1) is 18.3 Å². The van der Waals surface area contributed by atoms with Crippen LogP contribution in [0.3, 0.4) is 0 Å². The van der Waals surface area contributed by atoms with Crippen molar-refractivity contribution in [2.45, 2.75) is 13.1 Å². The maximum atomic E-state index is 13.9. The molecule has 214 valence electrons. The van der Waals surface area contributed by atoms with Gasteiger partial charge in [0.2, 0.25) is 0 Å². The van der Waals surface area contributed by atoms with E-state index in [1.54, 1.807) is 24.4 Å². The molecule has 0 atom stereocenters. The molecule has 44 heavy (non-hydrogen) atoms. The predicted molar refractivity (Wildman–Crippen MR) is 165 cm³/mol. The summed E-state index contributed by atoms with van der Waals surface area (Å²) in [6, 6.07) is 28.0. The average Bonchev–Trinajstić information content (AvgIpc) is 3.77. The van der Waals surface area contributed by atoms with E-state index in [0.717, 1.165) is 28.5 Å². The van der Waals surface area contributed by atoms with Gasteiger partial charge in [-0.25, -0.2) is 14.5 Å². The highest BCUT2D eigenvalue weighted by Gasteiger charge is 2.35. The van der Waals surface area contributed by atoms with Crippen LogP contribution in [0.1, 0.15) is 16.3 Å². The minimum atomic E-state index is -4.69. The molecule has 0 aliphatic rings. The van der Waals surface area contributed by atoms with Crippen LogP contribution in [-0.2, 0) is 6.18 Å². The molecule has 2 aromatic carbocycles. The van der Waals surface area contributed by atoms with Crippen molar-refractivity contribution in [3.8, 4) is 39.0 Å². The largest absolute Gasteiger partial charge is 0.433 e. The van der Waals surface area contributed by atoms with Gasteiger partial charge < -0.3 is 0 Å². The Morgan fingerprint density at radius 2 is 1.57 bits per heavy atom. The van der Waals surface area contributed by atoms with Crippen molar-refractivity contribution in [1.82, 2.24) is 19.6 Å². The van der Waals surface area contributed by atoms with Crippen LogP contribution in [-0.4, -0.2) is 19.6 Å². The Kier molecular flexibility index (Phi) is 6.76. The Labute approximate surface area is 256 Å². The summed E-state index contributed by atoms with van der Waals surface area (Å²) in [6.45, 7) is 1.63. The highest BCUT2D eigenvalue weighted by Crippen LogP contribution is 2.45. The van der Waals surface area contributed by atoms with E-state index in [0.29, 0.717) is 20.8 Å². The molecular formula is C32H18F3N7S2. The number of azo groups is 1. The fourth-order valence-corrected chi connectivity index (χ4v) is 6.59. The number of halogens is 3. The quantitative estimate of drug-likeness (QED) is 0.179. The van der Waals surface area contributed by atoms with Gasteiger partial charge in [0.1, 0.15) is 27.2 Å². The molecule has 0 spiro atoms. The van der Waals surface area contributed by atoms with Gasteiger partial charge in [0.05, 0.1) is 22.0 Å². The van der Waals surface area contributed by atoms with Gasteiger partial charge in [0, 0.05) is 10.9 Å². The van der Waals surface area contributed by atoms with Crippen molar-refractivity contribution >= 4 is 49.9 Å². The van der Waals surface area contributed by atoms with Gasteiger partial charge in [0.25, 0.3) is 0 Å². The molecule has 0 saturated heterocycles. The lowest BCUT2D eigenvalue weighted by molar-refractivity contribution is -0.141. The first-order valence-electron chi connectivity index (χ1n) is 13.2. The fraction of sp³-hybridized carbons (Fsp3) is 0.0625. The maximum absolute atomic E-state index is 13.9. The number of hydrogen-bond acceptors (Lipinski definition) is 8. The molecule has 0 saturated carbocycles. The van der Waals surface area contributed by atoms with Crippen LogP contribution in [0.25, 0.3) is 48.8 Å². The number of nitrogens with zero attached hydrogens (tertiary/aromatic N) is 7. The molecule has 12 heteroatoms. The van der Waals surface area contributed by atoms with E-state index in [9.17, 15) is 18.4 Å². The minimum absolute atomic E-state index is 0.0762. The third kappa shape index (κ3) is 4.82. The monoisotopic (exact) mass is 621 g/mol. The van der Waals surface area contributed by atoms with E-state index in [2.05, 4.69) is 26.4 Å². The molecule has 5 aromatic heterocycles. The number of aromatic nitrogens is 4. The maximum Gasteiger partial charge on any atom is 0.433 e. The summed E-state index contributed by atoms with van der Waals surface area (Å²) in [4.78, 5) is 10.2. The summed E-state index contributed by atoms with van der Waals surface area (Å²) >= 11 is 2.47. The summed E-state index contributed by atoms with van der Waals surface area (Å²) in [5.74, 6) is 0. The Balaban J connectivity index is 1.45. The second-order valence-corrected chi connectivity index (χ2v) is 11.7. The summed E-state index contributed by atoms with van der Waals surface area (Å²) in [5, 5.41) is 25.9. The van der Waals surface area contributed by atoms with Crippen LogP contribution in [0.15, 0.2) is 101 Å². The van der Waals surface area contributed by atoms with Crippen molar-refractivity contribution in [2.24, 2.45) is 10.2 Å². The van der Waals surface area contributed by atoms with Crippen molar-refractivity contribution in [3.63, 3.8) is 0 Å². The lowest BCUT2D eigenvalue weighted by atomic mass is 9.99. The van der Waals surface area contributed by atoms with Crippen LogP contribution in [0.2, 0.25) is 0 Å². The first-order valence-corrected chi connectivity index (χ1v) is 14.9. The summed E-state index contributed by atoms with van der Waals surface area (Å²) < 4.78 is 43.2. The number of rotatable bonds is 5. The smallest absolute Gasteiger partial charge is 0.237 e. The van der Waals surface area contributed by atoms with Crippen LogP contribution in [0.5, 0.6) is 0 Å². The Morgan fingerprint density at radius 3 is 2.23 bits per heavy atom. The van der Waals surface area contributed by atoms with E-state index in [1.807, 2.05) is 66.7 Å². The van der Waals surface area contributed by atoms with Gasteiger partial charge >= 0.3 is 6.18 Å². The third-order valence-electron chi connectivity index (χ3n) is 6.94. The fourth-order valence-electron chi connectivity index (χ4n) is 4.93. The molecule has 0 unspecified atom stereocenters. The summed E-state index contributed by atoms with van der Waals surface area (Å²) in [7, 11) is 0. The molecule has 7 nitrogen and oxygen atoms in total. The number of pyridine rings is 1. The molecule has 0 fully saturated rings. The van der Waals surface area contributed by atoms with E-state index in [-0.39, 0.29) is 27.6 Å². The highest BCUT2D eigenvalue weighted by atomic mass is 32.1. The lowest BCUT2D eigenvalue weighted by Gasteiger charge is -2.09. The standard InChI is InChI=1S/C32H18F3N7S2/c1-18-28(30-38-26(32(33,34)35)16-23(42(30)41-18)24-13-8-14-43-24)39-40-29-25(17-36)44-31-27(29)21(19-9-4-2-5-10-19)15-22(37-31)20-11-6-3-7-12-20/h2-16H,1H3. The second kappa shape index (κ2) is 10.8. The normalized spacial score (nSPS) is 12.0. The van der Waals surface area contributed by atoms with E-state index >= 15 is 0 Å². The third-order valence-corrected chi connectivity index (χ3v) is 8.81. The zero-order valence-electron chi connectivity index (χ0n) is 22.7. The first-order chi connectivity index (χ1) is 21.3. The molecule has 0 bridgehead atoms. The number of benzene rings is 2. The average molecular weight is 622 g/mol. The number of nitriles is 1. The summed E-state index contributed by atoms with van der Waals surface area (Å²) in [5.41, 5.74) is 3.12. The lowest BCUT2D eigenvalue weighted by Crippen LogP contribution is -2.10. The molecule has 5 heterocycles. The number of fused-ring (bicyclic) bond motifs is 2. The van der Waals surface area contributed by atoms with Crippen molar-refractivity contribution in [3.05, 3.63) is 107 Å².